The van der Waals surface area contributed by atoms with Gasteiger partial charge in [-0.15, -0.1) is 0 Å². The third-order valence-electron chi connectivity index (χ3n) is 3.72. The lowest BCUT2D eigenvalue weighted by molar-refractivity contribution is -0.122. The molecular formula is C19H30N2O4. The number of ether oxygens (including phenoxy) is 2. The van der Waals surface area contributed by atoms with Gasteiger partial charge in [-0.25, -0.2) is 0 Å². The molecule has 0 bridgehead atoms. The van der Waals surface area contributed by atoms with Crippen molar-refractivity contribution in [3.05, 3.63) is 23.8 Å². The zero-order valence-corrected chi connectivity index (χ0v) is 15.7. The van der Waals surface area contributed by atoms with Crippen LogP contribution in [-0.2, 0) is 9.59 Å². The Morgan fingerprint density at radius 2 is 1.64 bits per heavy atom. The van der Waals surface area contributed by atoms with Crippen molar-refractivity contribution in [1.29, 1.82) is 0 Å². The number of unbranched alkanes of at least 4 members (excludes halogenated alkanes) is 4. The highest BCUT2D eigenvalue weighted by Gasteiger charge is 2.16. The maximum Gasteiger partial charge on any atom is 0.218 e. The first-order valence-corrected chi connectivity index (χ1v) is 8.82. The molecule has 140 valence electrons. The number of hydrogen-bond acceptors (Lipinski definition) is 4. The molecule has 0 aliphatic carbocycles. The van der Waals surface area contributed by atoms with E-state index in [9.17, 15) is 9.59 Å². The molecule has 1 aromatic carbocycles. The molecule has 0 unspecified atom stereocenters. The summed E-state index contributed by atoms with van der Waals surface area (Å²) in [6, 6.07) is 5.38. The number of benzene rings is 1. The van der Waals surface area contributed by atoms with E-state index in [1.54, 1.807) is 19.2 Å². The molecule has 6 heteroatoms. The minimum Gasteiger partial charge on any atom is -0.493 e. The SMILES string of the molecule is CCCCCCCOc1ccc(C(NC(C)=O)NC(C)=O)cc1OC. The van der Waals surface area contributed by atoms with Gasteiger partial charge in [0.1, 0.15) is 6.17 Å². The zero-order chi connectivity index (χ0) is 18.7. The van der Waals surface area contributed by atoms with Gasteiger partial charge in [0.25, 0.3) is 0 Å². The summed E-state index contributed by atoms with van der Waals surface area (Å²) in [5.74, 6) is 0.771. The van der Waals surface area contributed by atoms with Gasteiger partial charge in [-0.3, -0.25) is 9.59 Å². The molecule has 1 aromatic rings. The van der Waals surface area contributed by atoms with Crippen LogP contribution in [0.3, 0.4) is 0 Å². The molecule has 2 amide bonds. The number of rotatable bonds is 11. The van der Waals surface area contributed by atoms with Crippen molar-refractivity contribution in [3.8, 4) is 11.5 Å². The van der Waals surface area contributed by atoms with E-state index in [4.69, 9.17) is 9.47 Å². The molecule has 2 N–H and O–H groups in total. The molecule has 25 heavy (non-hydrogen) atoms. The summed E-state index contributed by atoms with van der Waals surface area (Å²) >= 11 is 0. The summed E-state index contributed by atoms with van der Waals surface area (Å²) in [7, 11) is 1.57. The Hall–Kier alpha value is -2.24. The normalized spacial score (nSPS) is 10.4. The van der Waals surface area contributed by atoms with E-state index in [-0.39, 0.29) is 11.8 Å². The second kappa shape index (κ2) is 11.3. The second-order valence-corrected chi connectivity index (χ2v) is 6.01. The Kier molecular flexibility index (Phi) is 9.43. The molecule has 0 fully saturated rings. The van der Waals surface area contributed by atoms with Gasteiger partial charge in [-0.2, -0.15) is 0 Å². The van der Waals surface area contributed by atoms with Crippen LogP contribution in [0.4, 0.5) is 0 Å². The maximum absolute atomic E-state index is 11.4. The second-order valence-electron chi connectivity index (χ2n) is 6.01. The first kappa shape index (κ1) is 20.8. The van der Waals surface area contributed by atoms with Gasteiger partial charge in [-0.1, -0.05) is 38.7 Å². The van der Waals surface area contributed by atoms with Crippen molar-refractivity contribution in [2.24, 2.45) is 0 Å². The van der Waals surface area contributed by atoms with Crippen LogP contribution < -0.4 is 20.1 Å². The first-order valence-electron chi connectivity index (χ1n) is 8.82. The van der Waals surface area contributed by atoms with Crippen LogP contribution >= 0.6 is 0 Å². The van der Waals surface area contributed by atoms with E-state index >= 15 is 0 Å². The van der Waals surface area contributed by atoms with Gasteiger partial charge in [0.05, 0.1) is 13.7 Å². The minimum atomic E-state index is -0.605. The lowest BCUT2D eigenvalue weighted by Crippen LogP contribution is -2.39. The Morgan fingerprint density at radius 1 is 1.00 bits per heavy atom. The first-order chi connectivity index (χ1) is 12.0. The number of carbonyl (C=O) groups excluding carboxylic acids is 2. The largest absolute Gasteiger partial charge is 0.493 e. The quantitative estimate of drug-likeness (QED) is 0.474. The van der Waals surface area contributed by atoms with Crippen LogP contribution in [0.2, 0.25) is 0 Å². The Morgan fingerprint density at radius 3 is 2.20 bits per heavy atom. The molecule has 6 nitrogen and oxygen atoms in total. The number of nitrogens with one attached hydrogen (secondary N) is 2. The summed E-state index contributed by atoms with van der Waals surface area (Å²) in [6.45, 7) is 5.64. The molecule has 0 radical (unpaired) electrons. The van der Waals surface area contributed by atoms with E-state index in [1.807, 2.05) is 6.07 Å². The van der Waals surface area contributed by atoms with Crippen LogP contribution in [0.1, 0.15) is 64.6 Å². The average Bonchev–Trinajstić information content (AvgIpc) is 2.56. The summed E-state index contributed by atoms with van der Waals surface area (Å²) in [6.07, 6.45) is 5.26. The minimum absolute atomic E-state index is 0.231. The van der Waals surface area contributed by atoms with Gasteiger partial charge in [0.2, 0.25) is 11.8 Å². The van der Waals surface area contributed by atoms with Gasteiger partial charge < -0.3 is 20.1 Å². The predicted molar refractivity (Wildman–Crippen MR) is 97.6 cm³/mol. The van der Waals surface area contributed by atoms with Crippen LogP contribution in [0, 0.1) is 0 Å². The lowest BCUT2D eigenvalue weighted by atomic mass is 10.1. The summed E-state index contributed by atoms with van der Waals surface area (Å²) in [5.41, 5.74) is 0.720. The monoisotopic (exact) mass is 350 g/mol. The van der Waals surface area contributed by atoms with E-state index in [2.05, 4.69) is 17.6 Å². The average molecular weight is 350 g/mol. The van der Waals surface area contributed by atoms with E-state index < -0.39 is 6.17 Å². The van der Waals surface area contributed by atoms with E-state index in [0.717, 1.165) is 18.4 Å². The summed E-state index contributed by atoms with van der Waals surface area (Å²) in [5, 5.41) is 5.41. The third-order valence-corrected chi connectivity index (χ3v) is 3.72. The third kappa shape index (κ3) is 7.92. The van der Waals surface area contributed by atoms with Crippen LogP contribution in [-0.4, -0.2) is 25.5 Å². The maximum atomic E-state index is 11.4. The highest BCUT2D eigenvalue weighted by Crippen LogP contribution is 2.30. The van der Waals surface area contributed by atoms with Crippen LogP contribution in [0.25, 0.3) is 0 Å². The smallest absolute Gasteiger partial charge is 0.218 e. The lowest BCUT2D eigenvalue weighted by Gasteiger charge is -2.20. The fraction of sp³-hybridized carbons (Fsp3) is 0.579. The highest BCUT2D eigenvalue weighted by molar-refractivity contribution is 5.76. The molecule has 0 heterocycles. The Bertz CT molecular complexity index is 544. The van der Waals surface area contributed by atoms with Gasteiger partial charge in [-0.05, 0) is 24.1 Å². The van der Waals surface area contributed by atoms with Crippen molar-refractivity contribution in [2.45, 2.75) is 59.0 Å². The molecule has 0 spiro atoms. The molecule has 1 rings (SSSR count). The molecular weight excluding hydrogens is 320 g/mol. The molecule has 0 atom stereocenters. The van der Waals surface area contributed by atoms with Crippen molar-refractivity contribution >= 4 is 11.8 Å². The highest BCUT2D eigenvalue weighted by atomic mass is 16.5. The number of methoxy groups -OCH3 is 1. The van der Waals surface area contributed by atoms with Gasteiger partial charge in [0.15, 0.2) is 11.5 Å². The molecule has 0 aliphatic heterocycles. The molecule has 0 aliphatic rings. The number of amides is 2. The molecule has 0 saturated heterocycles. The Balaban J connectivity index is 2.74. The topological polar surface area (TPSA) is 76.7 Å². The van der Waals surface area contributed by atoms with Crippen LogP contribution in [0.15, 0.2) is 18.2 Å². The number of hydrogen-bond donors (Lipinski definition) is 2. The number of carbonyl (C=O) groups is 2. The fourth-order valence-corrected chi connectivity index (χ4v) is 2.48. The summed E-state index contributed by atoms with van der Waals surface area (Å²) in [4.78, 5) is 22.7. The van der Waals surface area contributed by atoms with Gasteiger partial charge in [0, 0.05) is 13.8 Å². The van der Waals surface area contributed by atoms with Crippen molar-refractivity contribution in [2.75, 3.05) is 13.7 Å². The van der Waals surface area contributed by atoms with Gasteiger partial charge >= 0.3 is 0 Å². The van der Waals surface area contributed by atoms with E-state index in [1.165, 1.54) is 33.1 Å². The van der Waals surface area contributed by atoms with Crippen LogP contribution in [0.5, 0.6) is 11.5 Å². The fourth-order valence-electron chi connectivity index (χ4n) is 2.48. The van der Waals surface area contributed by atoms with Crippen molar-refractivity contribution < 1.29 is 19.1 Å². The summed E-state index contributed by atoms with van der Waals surface area (Å²) < 4.78 is 11.2. The zero-order valence-electron chi connectivity index (χ0n) is 15.7. The predicted octanol–water partition coefficient (Wildman–Crippen LogP) is 3.32. The Labute approximate surface area is 150 Å². The molecule has 0 saturated carbocycles. The van der Waals surface area contributed by atoms with Crippen molar-refractivity contribution in [3.63, 3.8) is 0 Å². The van der Waals surface area contributed by atoms with E-state index in [0.29, 0.717) is 18.1 Å². The van der Waals surface area contributed by atoms with Crippen molar-refractivity contribution in [1.82, 2.24) is 10.6 Å². The standard InChI is InChI=1S/C19H30N2O4/c1-5-6-7-8-9-12-25-17-11-10-16(13-18(17)24-4)19(20-14(2)22)21-15(3)23/h10-11,13,19H,5-9,12H2,1-4H3,(H,20,22)(H,21,23). The molecule has 0 aromatic heterocycles.